The van der Waals surface area contributed by atoms with Gasteiger partial charge < -0.3 is 15.0 Å². The highest BCUT2D eigenvalue weighted by Gasteiger charge is 2.22. The summed E-state index contributed by atoms with van der Waals surface area (Å²) in [6.07, 6.45) is 3.39. The van der Waals surface area contributed by atoms with E-state index in [9.17, 15) is 0 Å². The topological polar surface area (TPSA) is 37.4 Å². The largest absolute Gasteiger partial charge is 0.380 e. The molecule has 1 aromatic heterocycles. The van der Waals surface area contributed by atoms with Crippen LogP contribution in [0.5, 0.6) is 0 Å². The molecule has 0 aromatic carbocycles. The number of rotatable bonds is 6. The van der Waals surface area contributed by atoms with Gasteiger partial charge in [0.15, 0.2) is 0 Å². The van der Waals surface area contributed by atoms with Gasteiger partial charge in [-0.15, -0.1) is 0 Å². The van der Waals surface area contributed by atoms with Crippen LogP contribution < -0.4 is 10.2 Å². The second-order valence-corrected chi connectivity index (χ2v) is 5.62. The first kappa shape index (κ1) is 14.3. The van der Waals surface area contributed by atoms with E-state index in [0.717, 1.165) is 38.3 Å². The Morgan fingerprint density at radius 2 is 2.37 bits per heavy atom. The van der Waals surface area contributed by atoms with E-state index < -0.39 is 0 Å². The van der Waals surface area contributed by atoms with E-state index in [1.807, 2.05) is 6.20 Å². The Labute approximate surface area is 116 Å². The SMILES string of the molecule is COC1CCN(c2ccnc(CNCC(C)C)c2)C1. The number of hydrogen-bond acceptors (Lipinski definition) is 4. The Morgan fingerprint density at radius 1 is 1.53 bits per heavy atom. The molecule has 1 aromatic rings. The molecule has 4 heteroatoms. The van der Waals surface area contributed by atoms with E-state index in [0.29, 0.717) is 12.0 Å². The fourth-order valence-corrected chi connectivity index (χ4v) is 2.40. The van der Waals surface area contributed by atoms with Crippen LogP contribution in [0, 0.1) is 5.92 Å². The molecule has 1 atom stereocenters. The zero-order valence-corrected chi connectivity index (χ0v) is 12.2. The predicted octanol–water partition coefficient (Wildman–Crippen LogP) is 2.05. The van der Waals surface area contributed by atoms with Crippen LogP contribution in [-0.4, -0.2) is 37.8 Å². The lowest BCUT2D eigenvalue weighted by atomic mass is 10.2. The molecule has 19 heavy (non-hydrogen) atoms. The Balaban J connectivity index is 1.92. The van der Waals surface area contributed by atoms with Crippen molar-refractivity contribution in [2.75, 3.05) is 31.6 Å². The van der Waals surface area contributed by atoms with Crippen molar-refractivity contribution in [3.8, 4) is 0 Å². The third-order valence-electron chi connectivity index (χ3n) is 3.50. The summed E-state index contributed by atoms with van der Waals surface area (Å²) >= 11 is 0. The van der Waals surface area contributed by atoms with Gasteiger partial charge in [-0.05, 0) is 31.0 Å². The van der Waals surface area contributed by atoms with Crippen LogP contribution in [0.25, 0.3) is 0 Å². The summed E-state index contributed by atoms with van der Waals surface area (Å²) in [6.45, 7) is 8.35. The average molecular weight is 263 g/mol. The molecule has 1 unspecified atom stereocenters. The molecular formula is C15H25N3O. The number of ether oxygens (including phenoxy) is 1. The first-order valence-corrected chi connectivity index (χ1v) is 7.12. The second kappa shape index (κ2) is 6.87. The lowest BCUT2D eigenvalue weighted by molar-refractivity contribution is 0.121. The fraction of sp³-hybridized carbons (Fsp3) is 0.667. The minimum atomic E-state index is 0.371. The highest BCUT2D eigenvalue weighted by atomic mass is 16.5. The van der Waals surface area contributed by atoms with Crippen molar-refractivity contribution in [2.24, 2.45) is 5.92 Å². The third-order valence-corrected chi connectivity index (χ3v) is 3.50. The molecule has 1 saturated heterocycles. The summed E-state index contributed by atoms with van der Waals surface area (Å²) in [4.78, 5) is 6.80. The van der Waals surface area contributed by atoms with E-state index in [1.54, 1.807) is 7.11 Å². The zero-order valence-electron chi connectivity index (χ0n) is 12.2. The molecule has 106 valence electrons. The fourth-order valence-electron chi connectivity index (χ4n) is 2.40. The number of pyridine rings is 1. The highest BCUT2D eigenvalue weighted by molar-refractivity contribution is 5.47. The minimum Gasteiger partial charge on any atom is -0.380 e. The summed E-state index contributed by atoms with van der Waals surface area (Å²) in [5.41, 5.74) is 2.37. The van der Waals surface area contributed by atoms with Crippen LogP contribution in [0.15, 0.2) is 18.3 Å². The second-order valence-electron chi connectivity index (χ2n) is 5.62. The summed E-state index contributed by atoms with van der Waals surface area (Å²) in [5.74, 6) is 0.671. The van der Waals surface area contributed by atoms with Crippen LogP contribution in [-0.2, 0) is 11.3 Å². The first-order chi connectivity index (χ1) is 9.19. The Kier molecular flexibility index (Phi) is 5.16. The summed E-state index contributed by atoms with van der Waals surface area (Å²) in [6, 6.07) is 4.27. The van der Waals surface area contributed by atoms with E-state index in [-0.39, 0.29) is 0 Å². The quantitative estimate of drug-likeness (QED) is 0.852. The van der Waals surface area contributed by atoms with Gasteiger partial charge in [0.05, 0.1) is 11.8 Å². The number of nitrogens with zero attached hydrogens (tertiary/aromatic N) is 2. The molecule has 0 aliphatic carbocycles. The molecule has 0 radical (unpaired) electrons. The molecule has 2 rings (SSSR count). The van der Waals surface area contributed by atoms with Gasteiger partial charge in [0.1, 0.15) is 0 Å². The first-order valence-electron chi connectivity index (χ1n) is 7.12. The van der Waals surface area contributed by atoms with Crippen molar-refractivity contribution in [3.63, 3.8) is 0 Å². The smallest absolute Gasteiger partial charge is 0.0762 e. The van der Waals surface area contributed by atoms with E-state index in [2.05, 4.69) is 41.2 Å². The number of nitrogens with one attached hydrogen (secondary N) is 1. The molecule has 0 bridgehead atoms. The van der Waals surface area contributed by atoms with Gasteiger partial charge in [0.2, 0.25) is 0 Å². The minimum absolute atomic E-state index is 0.371. The molecular weight excluding hydrogens is 238 g/mol. The van der Waals surface area contributed by atoms with Crippen molar-refractivity contribution >= 4 is 5.69 Å². The summed E-state index contributed by atoms with van der Waals surface area (Å²) < 4.78 is 5.41. The maximum Gasteiger partial charge on any atom is 0.0762 e. The molecule has 1 fully saturated rings. The van der Waals surface area contributed by atoms with Gasteiger partial charge in [0, 0.05) is 38.6 Å². The van der Waals surface area contributed by atoms with Crippen molar-refractivity contribution in [1.29, 1.82) is 0 Å². The lowest BCUT2D eigenvalue weighted by Gasteiger charge is -2.19. The average Bonchev–Trinajstić information content (AvgIpc) is 2.87. The molecule has 0 amide bonds. The molecule has 1 aliphatic rings. The molecule has 4 nitrogen and oxygen atoms in total. The van der Waals surface area contributed by atoms with E-state index in [4.69, 9.17) is 4.74 Å². The number of aromatic nitrogens is 1. The predicted molar refractivity (Wildman–Crippen MR) is 78.4 cm³/mol. The number of anilines is 1. The standard InChI is InChI=1S/C15H25N3O/c1-12(2)9-16-10-13-8-14(4-6-17-13)18-7-5-15(11-18)19-3/h4,6,8,12,15-16H,5,7,9-11H2,1-3H3. The van der Waals surface area contributed by atoms with Gasteiger partial charge in [0.25, 0.3) is 0 Å². The monoisotopic (exact) mass is 263 g/mol. The Morgan fingerprint density at radius 3 is 3.05 bits per heavy atom. The lowest BCUT2D eigenvalue weighted by Crippen LogP contribution is -2.23. The van der Waals surface area contributed by atoms with Crippen LogP contribution >= 0.6 is 0 Å². The van der Waals surface area contributed by atoms with Gasteiger partial charge >= 0.3 is 0 Å². The summed E-state index contributed by atoms with van der Waals surface area (Å²) in [7, 11) is 1.79. The van der Waals surface area contributed by atoms with Gasteiger partial charge in [-0.1, -0.05) is 13.8 Å². The van der Waals surface area contributed by atoms with E-state index >= 15 is 0 Å². The highest BCUT2D eigenvalue weighted by Crippen LogP contribution is 2.21. The van der Waals surface area contributed by atoms with Crippen molar-refractivity contribution < 1.29 is 4.74 Å². The maximum absolute atomic E-state index is 5.41. The molecule has 2 heterocycles. The van der Waals surface area contributed by atoms with Crippen molar-refractivity contribution in [1.82, 2.24) is 10.3 Å². The van der Waals surface area contributed by atoms with Crippen LogP contribution in [0.1, 0.15) is 26.0 Å². The third kappa shape index (κ3) is 4.18. The number of hydrogen-bond donors (Lipinski definition) is 1. The molecule has 1 aliphatic heterocycles. The molecule has 0 saturated carbocycles. The van der Waals surface area contributed by atoms with Crippen molar-refractivity contribution in [2.45, 2.75) is 32.9 Å². The van der Waals surface area contributed by atoms with Crippen LogP contribution in [0.3, 0.4) is 0 Å². The number of methoxy groups -OCH3 is 1. The van der Waals surface area contributed by atoms with Crippen LogP contribution in [0.2, 0.25) is 0 Å². The normalized spacial score (nSPS) is 19.4. The van der Waals surface area contributed by atoms with E-state index in [1.165, 1.54) is 5.69 Å². The molecule has 0 spiro atoms. The van der Waals surface area contributed by atoms with Gasteiger partial charge in [-0.2, -0.15) is 0 Å². The Bertz CT molecular complexity index is 395. The molecule has 1 N–H and O–H groups in total. The van der Waals surface area contributed by atoms with Gasteiger partial charge in [-0.25, -0.2) is 0 Å². The van der Waals surface area contributed by atoms with Gasteiger partial charge in [-0.3, -0.25) is 4.98 Å². The zero-order chi connectivity index (χ0) is 13.7. The van der Waals surface area contributed by atoms with Crippen molar-refractivity contribution in [3.05, 3.63) is 24.0 Å². The maximum atomic E-state index is 5.41. The Hall–Kier alpha value is -1.13. The van der Waals surface area contributed by atoms with Crippen LogP contribution in [0.4, 0.5) is 5.69 Å². The summed E-state index contributed by atoms with van der Waals surface area (Å²) in [5, 5.41) is 3.43.